The molecular weight excluding hydrogens is 274 g/mol. The van der Waals surface area contributed by atoms with Crippen LogP contribution in [-0.2, 0) is 9.53 Å². The zero-order valence-corrected chi connectivity index (χ0v) is 11.3. The van der Waals surface area contributed by atoms with Gasteiger partial charge in [-0.05, 0) is 24.3 Å². The number of nitrogens with one attached hydrogen (secondary N) is 1. The summed E-state index contributed by atoms with van der Waals surface area (Å²) in [5.74, 6) is -0.950. The molecule has 0 saturated carbocycles. The third-order valence-electron chi connectivity index (χ3n) is 3.09. The summed E-state index contributed by atoms with van der Waals surface area (Å²) in [5, 5.41) is 20.2. The number of amides is 2. The molecule has 1 aromatic carbocycles. The molecule has 1 heterocycles. The molecule has 1 atom stereocenters. The van der Waals surface area contributed by atoms with Crippen LogP contribution in [0.15, 0.2) is 24.3 Å². The van der Waals surface area contributed by atoms with E-state index in [4.69, 9.17) is 15.1 Å². The first-order chi connectivity index (χ1) is 10.1. The quantitative estimate of drug-likeness (QED) is 0.872. The number of ether oxygens (including phenoxy) is 1. The molecule has 1 saturated heterocycles. The molecule has 1 aliphatic heterocycles. The number of rotatable bonds is 3. The fourth-order valence-corrected chi connectivity index (χ4v) is 2.05. The van der Waals surface area contributed by atoms with Crippen LogP contribution < -0.4 is 5.32 Å². The smallest absolute Gasteiger partial charge is 0.322 e. The Labute approximate surface area is 121 Å². The van der Waals surface area contributed by atoms with Crippen molar-refractivity contribution < 1.29 is 19.4 Å². The highest BCUT2D eigenvalue weighted by atomic mass is 16.5. The van der Waals surface area contributed by atoms with Crippen LogP contribution in [0.3, 0.4) is 0 Å². The van der Waals surface area contributed by atoms with Crippen molar-refractivity contribution in [1.82, 2.24) is 4.90 Å². The Hall–Kier alpha value is -2.59. The maximum atomic E-state index is 12.1. The fraction of sp³-hybridized carbons (Fsp3) is 0.357. The highest BCUT2D eigenvalue weighted by Crippen LogP contribution is 2.13. The standard InChI is InChI=1S/C14H15N3O4/c15-8-10-1-3-11(4-2-10)16-14(20)17-5-6-21-12(9-17)7-13(18)19/h1-4,12H,5-7,9H2,(H,16,20)(H,18,19). The maximum absolute atomic E-state index is 12.1. The van der Waals surface area contributed by atoms with Gasteiger partial charge in [-0.15, -0.1) is 0 Å². The van der Waals surface area contributed by atoms with Crippen LogP contribution in [0.25, 0.3) is 0 Å². The number of nitrogens with zero attached hydrogens (tertiary/aromatic N) is 2. The van der Waals surface area contributed by atoms with Crippen molar-refractivity contribution in [2.24, 2.45) is 0 Å². The number of urea groups is 1. The number of aliphatic carboxylic acids is 1. The number of anilines is 1. The Morgan fingerprint density at radius 3 is 2.76 bits per heavy atom. The van der Waals surface area contributed by atoms with Crippen molar-refractivity contribution in [3.05, 3.63) is 29.8 Å². The van der Waals surface area contributed by atoms with Crippen molar-refractivity contribution in [2.75, 3.05) is 25.0 Å². The SMILES string of the molecule is N#Cc1ccc(NC(=O)N2CCOC(CC(=O)O)C2)cc1. The molecule has 1 aliphatic rings. The molecule has 1 aromatic rings. The number of carboxylic acids is 1. The topological polar surface area (TPSA) is 103 Å². The molecule has 7 nitrogen and oxygen atoms in total. The van der Waals surface area contributed by atoms with E-state index < -0.39 is 12.1 Å². The summed E-state index contributed by atoms with van der Waals surface area (Å²) in [5.41, 5.74) is 1.10. The van der Waals surface area contributed by atoms with Crippen molar-refractivity contribution in [3.8, 4) is 6.07 Å². The van der Waals surface area contributed by atoms with Gasteiger partial charge < -0.3 is 20.1 Å². The summed E-state index contributed by atoms with van der Waals surface area (Å²) in [6.07, 6.45) is -0.608. The maximum Gasteiger partial charge on any atom is 0.322 e. The first-order valence-electron chi connectivity index (χ1n) is 6.48. The number of benzene rings is 1. The Bertz CT molecular complexity index is 565. The van der Waals surface area contributed by atoms with Gasteiger partial charge in [0.25, 0.3) is 0 Å². The molecular formula is C14H15N3O4. The second kappa shape index (κ2) is 6.72. The van der Waals surface area contributed by atoms with Gasteiger partial charge in [-0.3, -0.25) is 4.79 Å². The molecule has 0 radical (unpaired) electrons. The van der Waals surface area contributed by atoms with E-state index in [0.29, 0.717) is 24.4 Å². The molecule has 2 amide bonds. The van der Waals surface area contributed by atoms with Crippen molar-refractivity contribution >= 4 is 17.7 Å². The highest BCUT2D eigenvalue weighted by molar-refractivity contribution is 5.89. The monoisotopic (exact) mass is 289 g/mol. The summed E-state index contributed by atoms with van der Waals surface area (Å²) < 4.78 is 5.31. The predicted octanol–water partition coefficient (Wildman–Crippen LogP) is 1.27. The van der Waals surface area contributed by atoms with Gasteiger partial charge in [-0.25, -0.2) is 4.79 Å². The van der Waals surface area contributed by atoms with E-state index in [1.165, 1.54) is 4.90 Å². The first kappa shape index (κ1) is 14.8. The van der Waals surface area contributed by atoms with E-state index in [2.05, 4.69) is 5.32 Å². The van der Waals surface area contributed by atoms with Crippen LogP contribution in [0.2, 0.25) is 0 Å². The number of carbonyl (C=O) groups excluding carboxylic acids is 1. The molecule has 1 fully saturated rings. The van der Waals surface area contributed by atoms with Crippen LogP contribution >= 0.6 is 0 Å². The lowest BCUT2D eigenvalue weighted by molar-refractivity contribution is -0.141. The summed E-state index contributed by atoms with van der Waals surface area (Å²) in [6.45, 7) is 0.978. The van der Waals surface area contributed by atoms with Crippen molar-refractivity contribution in [2.45, 2.75) is 12.5 Å². The van der Waals surface area contributed by atoms with Crippen LogP contribution in [0.4, 0.5) is 10.5 Å². The third kappa shape index (κ3) is 4.19. The third-order valence-corrected chi connectivity index (χ3v) is 3.09. The summed E-state index contributed by atoms with van der Waals surface area (Å²) in [7, 11) is 0. The average Bonchev–Trinajstić information content (AvgIpc) is 2.47. The van der Waals surface area contributed by atoms with Gasteiger partial charge in [0.1, 0.15) is 0 Å². The molecule has 0 aromatic heterocycles. The Kier molecular flexibility index (Phi) is 4.74. The molecule has 0 bridgehead atoms. The van der Waals surface area contributed by atoms with Gasteiger partial charge >= 0.3 is 12.0 Å². The van der Waals surface area contributed by atoms with Crippen LogP contribution in [0.5, 0.6) is 0 Å². The second-order valence-electron chi connectivity index (χ2n) is 4.66. The lowest BCUT2D eigenvalue weighted by atomic mass is 10.2. The van der Waals surface area contributed by atoms with Gasteiger partial charge in [0.15, 0.2) is 0 Å². The number of carbonyl (C=O) groups is 2. The minimum atomic E-state index is -0.950. The Morgan fingerprint density at radius 1 is 1.43 bits per heavy atom. The normalized spacial score (nSPS) is 17.9. The fourth-order valence-electron chi connectivity index (χ4n) is 2.05. The first-order valence-corrected chi connectivity index (χ1v) is 6.48. The second-order valence-corrected chi connectivity index (χ2v) is 4.66. The van der Waals surface area contributed by atoms with E-state index in [9.17, 15) is 9.59 Å². The molecule has 2 rings (SSSR count). The number of hydrogen-bond donors (Lipinski definition) is 2. The molecule has 2 N–H and O–H groups in total. The average molecular weight is 289 g/mol. The van der Waals surface area contributed by atoms with Crippen molar-refractivity contribution in [1.29, 1.82) is 5.26 Å². The van der Waals surface area contributed by atoms with Crippen molar-refractivity contribution in [3.63, 3.8) is 0 Å². The Balaban J connectivity index is 1.92. The van der Waals surface area contributed by atoms with Gasteiger partial charge in [-0.2, -0.15) is 5.26 Å². The van der Waals surface area contributed by atoms with Gasteiger partial charge in [0.05, 0.1) is 30.8 Å². The lowest BCUT2D eigenvalue weighted by Crippen LogP contribution is -2.47. The Morgan fingerprint density at radius 2 is 2.14 bits per heavy atom. The summed E-state index contributed by atoms with van der Waals surface area (Å²) in [6, 6.07) is 8.21. The molecule has 7 heteroatoms. The number of hydrogen-bond acceptors (Lipinski definition) is 4. The van der Waals surface area contributed by atoms with Crippen LogP contribution in [-0.4, -0.2) is 47.8 Å². The molecule has 21 heavy (non-hydrogen) atoms. The van der Waals surface area contributed by atoms with Crippen LogP contribution in [0, 0.1) is 11.3 Å². The molecule has 110 valence electrons. The van der Waals surface area contributed by atoms with E-state index in [1.54, 1.807) is 24.3 Å². The van der Waals surface area contributed by atoms with E-state index in [0.717, 1.165) is 0 Å². The largest absolute Gasteiger partial charge is 0.481 e. The number of carboxylic acid groups (broad SMARTS) is 1. The molecule has 1 unspecified atom stereocenters. The van der Waals surface area contributed by atoms with Gasteiger partial charge in [0.2, 0.25) is 0 Å². The zero-order valence-electron chi connectivity index (χ0n) is 11.3. The predicted molar refractivity (Wildman–Crippen MR) is 73.7 cm³/mol. The van der Waals surface area contributed by atoms with Gasteiger partial charge in [0, 0.05) is 18.8 Å². The van der Waals surface area contributed by atoms with E-state index in [1.807, 2.05) is 6.07 Å². The van der Waals surface area contributed by atoms with E-state index in [-0.39, 0.29) is 19.0 Å². The number of morpholine rings is 1. The highest BCUT2D eigenvalue weighted by Gasteiger charge is 2.25. The minimum absolute atomic E-state index is 0.124. The van der Waals surface area contributed by atoms with Gasteiger partial charge in [-0.1, -0.05) is 0 Å². The van der Waals surface area contributed by atoms with Crippen LogP contribution in [0.1, 0.15) is 12.0 Å². The summed E-state index contributed by atoms with van der Waals surface area (Å²) in [4.78, 5) is 24.3. The minimum Gasteiger partial charge on any atom is -0.481 e. The zero-order chi connectivity index (χ0) is 15.2. The molecule has 0 aliphatic carbocycles. The molecule has 0 spiro atoms. The number of nitriles is 1. The summed E-state index contributed by atoms with van der Waals surface area (Å²) >= 11 is 0. The van der Waals surface area contributed by atoms with E-state index >= 15 is 0 Å². The lowest BCUT2D eigenvalue weighted by Gasteiger charge is -2.32.